The lowest BCUT2D eigenvalue weighted by atomic mass is 9.98. The number of aromatic amines is 1. The number of pyridine rings is 1. The summed E-state index contributed by atoms with van der Waals surface area (Å²) in [6.45, 7) is 0. The van der Waals surface area contributed by atoms with Gasteiger partial charge in [0.1, 0.15) is 11.3 Å². The first-order chi connectivity index (χ1) is 12.4. The van der Waals surface area contributed by atoms with Crippen LogP contribution in [0.15, 0.2) is 53.3 Å². The first-order valence-electron chi connectivity index (χ1n) is 7.51. The third-order valence-corrected chi connectivity index (χ3v) is 4.62. The van der Waals surface area contributed by atoms with E-state index in [0.29, 0.717) is 38.2 Å². The van der Waals surface area contributed by atoms with E-state index in [4.69, 9.17) is 27.9 Å². The number of carboxylic acids is 1. The topological polar surface area (TPSA) is 79.4 Å². The molecule has 1 aromatic heterocycles. The molecule has 2 aromatic carbocycles. The second-order valence-electron chi connectivity index (χ2n) is 5.46. The van der Waals surface area contributed by atoms with Crippen molar-refractivity contribution in [1.82, 2.24) is 4.98 Å². The van der Waals surface area contributed by atoms with Gasteiger partial charge < -0.3 is 14.8 Å². The normalized spacial score (nSPS) is 10.6. The van der Waals surface area contributed by atoms with Gasteiger partial charge in [0.25, 0.3) is 5.56 Å². The predicted molar refractivity (Wildman–Crippen MR) is 101 cm³/mol. The Kier molecular flexibility index (Phi) is 5.02. The summed E-state index contributed by atoms with van der Waals surface area (Å²) in [5.41, 5.74) is 0.888. The van der Waals surface area contributed by atoms with E-state index in [1.54, 1.807) is 48.5 Å². The molecule has 0 spiro atoms. The van der Waals surface area contributed by atoms with Crippen molar-refractivity contribution in [2.24, 2.45) is 0 Å². The van der Waals surface area contributed by atoms with Crippen molar-refractivity contribution in [3.8, 4) is 28.1 Å². The van der Waals surface area contributed by atoms with Gasteiger partial charge in [-0.2, -0.15) is 0 Å². The van der Waals surface area contributed by atoms with Crippen LogP contribution in [-0.4, -0.2) is 23.2 Å². The molecule has 7 heteroatoms. The number of methoxy groups -OCH3 is 1. The molecule has 26 heavy (non-hydrogen) atoms. The molecule has 0 radical (unpaired) electrons. The minimum Gasteiger partial charge on any atom is -0.497 e. The van der Waals surface area contributed by atoms with Crippen LogP contribution < -0.4 is 10.3 Å². The third-order valence-electron chi connectivity index (χ3n) is 3.88. The number of benzene rings is 2. The highest BCUT2D eigenvalue weighted by Crippen LogP contribution is 2.31. The maximum atomic E-state index is 12.4. The van der Waals surface area contributed by atoms with Crippen LogP contribution in [0.3, 0.4) is 0 Å². The summed E-state index contributed by atoms with van der Waals surface area (Å²) in [6, 6.07) is 13.3. The fraction of sp³-hybridized carbons (Fsp3) is 0.0526. The van der Waals surface area contributed by atoms with Crippen LogP contribution in [0.2, 0.25) is 10.0 Å². The summed E-state index contributed by atoms with van der Waals surface area (Å²) < 4.78 is 5.11. The molecule has 0 aliphatic rings. The lowest BCUT2D eigenvalue weighted by Gasteiger charge is -2.10. The van der Waals surface area contributed by atoms with Crippen molar-refractivity contribution in [2.45, 2.75) is 0 Å². The molecule has 0 bridgehead atoms. The van der Waals surface area contributed by atoms with Crippen molar-refractivity contribution < 1.29 is 14.6 Å². The highest BCUT2D eigenvalue weighted by atomic mass is 35.5. The Morgan fingerprint density at radius 1 is 1.00 bits per heavy atom. The van der Waals surface area contributed by atoms with Crippen LogP contribution in [0, 0.1) is 0 Å². The Bertz CT molecular complexity index is 1040. The van der Waals surface area contributed by atoms with Gasteiger partial charge in [-0.25, -0.2) is 4.79 Å². The number of nitrogens with one attached hydrogen (secondary N) is 1. The Morgan fingerprint density at radius 3 is 2.23 bits per heavy atom. The zero-order chi connectivity index (χ0) is 18.8. The van der Waals surface area contributed by atoms with Gasteiger partial charge >= 0.3 is 5.97 Å². The number of hydrogen-bond donors (Lipinski definition) is 2. The van der Waals surface area contributed by atoms with Crippen LogP contribution >= 0.6 is 23.2 Å². The van der Waals surface area contributed by atoms with Gasteiger partial charge in [0.15, 0.2) is 0 Å². The average molecular weight is 390 g/mol. The first-order valence-corrected chi connectivity index (χ1v) is 8.26. The summed E-state index contributed by atoms with van der Waals surface area (Å²) in [4.78, 5) is 26.6. The number of rotatable bonds is 4. The Morgan fingerprint density at radius 2 is 1.65 bits per heavy atom. The summed E-state index contributed by atoms with van der Waals surface area (Å²) in [5, 5.41) is 10.2. The van der Waals surface area contributed by atoms with Crippen LogP contribution in [0.1, 0.15) is 10.4 Å². The van der Waals surface area contributed by atoms with E-state index < -0.39 is 11.5 Å². The van der Waals surface area contributed by atoms with Gasteiger partial charge in [-0.05, 0) is 41.5 Å². The van der Waals surface area contributed by atoms with Crippen molar-refractivity contribution in [1.29, 1.82) is 0 Å². The Hall–Kier alpha value is -2.76. The van der Waals surface area contributed by atoms with E-state index in [1.165, 1.54) is 7.11 Å². The molecule has 3 rings (SSSR count). The minimum absolute atomic E-state index is 0.296. The van der Waals surface area contributed by atoms with E-state index in [1.807, 2.05) is 0 Å². The highest BCUT2D eigenvalue weighted by Gasteiger charge is 2.18. The zero-order valence-electron chi connectivity index (χ0n) is 13.5. The minimum atomic E-state index is -1.31. The molecule has 0 fully saturated rings. The number of halogens is 2. The lowest BCUT2D eigenvalue weighted by molar-refractivity contribution is 0.0696. The van der Waals surface area contributed by atoms with E-state index in [-0.39, 0.29) is 5.56 Å². The number of carbonyl (C=O) groups is 1. The second-order valence-corrected chi connectivity index (χ2v) is 6.28. The SMILES string of the molecule is COc1ccc(-c2cc(-c3ccc(Cl)c(Cl)c3)[nH]c(=O)c2C(=O)O)cc1. The lowest BCUT2D eigenvalue weighted by Crippen LogP contribution is -2.19. The first kappa shape index (κ1) is 18.0. The molecule has 0 amide bonds. The Labute approximate surface area is 158 Å². The van der Waals surface area contributed by atoms with Crippen molar-refractivity contribution in [3.05, 3.63) is 74.5 Å². The maximum Gasteiger partial charge on any atom is 0.341 e. The fourth-order valence-electron chi connectivity index (χ4n) is 2.59. The molecule has 0 saturated carbocycles. The fourth-order valence-corrected chi connectivity index (χ4v) is 2.89. The standard InChI is InChI=1S/C19H13Cl2NO4/c1-26-12-5-2-10(3-6-12)13-9-16(22-18(23)17(13)19(24)25)11-4-7-14(20)15(21)8-11/h2-9H,1H3,(H,22,23)(H,24,25). The molecule has 0 aliphatic heterocycles. The molecule has 0 aliphatic carbocycles. The number of hydrogen-bond acceptors (Lipinski definition) is 3. The number of H-pyrrole nitrogens is 1. The number of aromatic carboxylic acids is 1. The molecule has 0 atom stereocenters. The monoisotopic (exact) mass is 389 g/mol. The summed E-state index contributed by atoms with van der Waals surface area (Å²) in [6.07, 6.45) is 0. The van der Waals surface area contributed by atoms with Gasteiger partial charge in [-0.1, -0.05) is 41.4 Å². The quantitative estimate of drug-likeness (QED) is 0.676. The third kappa shape index (κ3) is 3.45. The molecule has 3 aromatic rings. The highest BCUT2D eigenvalue weighted by molar-refractivity contribution is 6.42. The second kappa shape index (κ2) is 7.23. The van der Waals surface area contributed by atoms with Crippen molar-refractivity contribution >= 4 is 29.2 Å². The van der Waals surface area contributed by atoms with Crippen LogP contribution in [0.4, 0.5) is 0 Å². The molecule has 5 nitrogen and oxygen atoms in total. The summed E-state index contributed by atoms with van der Waals surface area (Å²) >= 11 is 12.0. The maximum absolute atomic E-state index is 12.4. The van der Waals surface area contributed by atoms with Gasteiger partial charge in [0, 0.05) is 11.3 Å². The molecular weight excluding hydrogens is 377 g/mol. The molecule has 0 unspecified atom stereocenters. The zero-order valence-corrected chi connectivity index (χ0v) is 15.1. The Balaban J connectivity index is 2.23. The number of carboxylic acid groups (broad SMARTS) is 1. The van der Waals surface area contributed by atoms with E-state index in [0.717, 1.165) is 0 Å². The van der Waals surface area contributed by atoms with E-state index in [9.17, 15) is 14.7 Å². The van der Waals surface area contributed by atoms with Crippen LogP contribution in [-0.2, 0) is 0 Å². The van der Waals surface area contributed by atoms with Gasteiger partial charge in [0.05, 0.1) is 17.2 Å². The molecule has 1 heterocycles. The predicted octanol–water partition coefficient (Wildman–Crippen LogP) is 4.72. The molecule has 2 N–H and O–H groups in total. The van der Waals surface area contributed by atoms with Gasteiger partial charge in [-0.15, -0.1) is 0 Å². The van der Waals surface area contributed by atoms with Crippen molar-refractivity contribution in [2.75, 3.05) is 7.11 Å². The number of aromatic nitrogens is 1. The van der Waals surface area contributed by atoms with Crippen LogP contribution in [0.5, 0.6) is 5.75 Å². The van der Waals surface area contributed by atoms with Crippen molar-refractivity contribution in [3.63, 3.8) is 0 Å². The van der Waals surface area contributed by atoms with E-state index >= 15 is 0 Å². The molecule has 132 valence electrons. The van der Waals surface area contributed by atoms with Crippen LogP contribution in [0.25, 0.3) is 22.4 Å². The van der Waals surface area contributed by atoms with Gasteiger partial charge in [-0.3, -0.25) is 4.79 Å². The summed E-state index contributed by atoms with van der Waals surface area (Å²) in [7, 11) is 1.54. The van der Waals surface area contributed by atoms with E-state index in [2.05, 4.69) is 4.98 Å². The summed E-state index contributed by atoms with van der Waals surface area (Å²) in [5.74, 6) is -0.682. The largest absolute Gasteiger partial charge is 0.497 e. The average Bonchev–Trinajstić information content (AvgIpc) is 2.63. The number of ether oxygens (including phenoxy) is 1. The molecule has 0 saturated heterocycles. The van der Waals surface area contributed by atoms with Gasteiger partial charge in [0.2, 0.25) is 0 Å². The molecular formula is C19H13Cl2NO4. The smallest absolute Gasteiger partial charge is 0.341 e.